The molecule has 4 aromatic rings. The fourth-order valence-electron chi connectivity index (χ4n) is 5.85. The molecule has 6 rings (SSSR count). The predicted molar refractivity (Wildman–Crippen MR) is 193 cm³/mol. The fourth-order valence-corrected chi connectivity index (χ4v) is 7.40. The van der Waals surface area contributed by atoms with Crippen molar-refractivity contribution in [3.05, 3.63) is 143 Å². The fraction of sp³-hybridized carbons (Fsp3) is 0.316. The zero-order chi connectivity index (χ0) is 39.0. The van der Waals surface area contributed by atoms with Crippen LogP contribution in [0.2, 0.25) is 0 Å². The van der Waals surface area contributed by atoms with Crippen molar-refractivity contribution in [1.82, 2.24) is 19.5 Å². The lowest BCUT2D eigenvalue weighted by Crippen LogP contribution is -2.45. The normalized spacial score (nSPS) is 21.4. The van der Waals surface area contributed by atoms with Gasteiger partial charge in [0.2, 0.25) is 18.2 Å². The van der Waals surface area contributed by atoms with E-state index in [2.05, 4.69) is 16.7 Å². The van der Waals surface area contributed by atoms with Gasteiger partial charge in [0.05, 0.1) is 24.1 Å². The number of carbonyl (C=O) groups excluding carboxylic acids is 2. The standard InChI is InChI=1S/C38H39F2N4O10P/c1-26(49-23-27-12-6-3-7-13-27)22-29-18-21-44(36(46)41-29)35-38(39,40)33(53-37(47)50-24-28-14-8-4-9-15-28)32(52-35)25-51-55(48,54-30-16-10-5-11-17-30)42-31-19-20-43(2)34(31)45/h3-18,21,31-33,35H,1,19-20,22-25H2,2H3,(H,42,48)/t31?,32-,33-,35-,55?/m1/s1. The first-order valence-electron chi connectivity index (χ1n) is 17.3. The van der Waals surface area contributed by atoms with Crippen LogP contribution >= 0.6 is 7.75 Å². The summed E-state index contributed by atoms with van der Waals surface area (Å²) in [5.41, 5.74) is 0.545. The van der Waals surface area contributed by atoms with Gasteiger partial charge in [0.15, 0.2) is 0 Å². The molecule has 55 heavy (non-hydrogen) atoms. The molecule has 2 saturated heterocycles. The number of ether oxygens (including phenoxy) is 4. The van der Waals surface area contributed by atoms with Crippen LogP contribution in [0.15, 0.2) is 120 Å². The van der Waals surface area contributed by atoms with Crippen molar-refractivity contribution in [2.75, 3.05) is 20.2 Å². The molecule has 0 saturated carbocycles. The molecule has 0 radical (unpaired) electrons. The Morgan fingerprint density at radius 2 is 1.58 bits per heavy atom. The maximum absolute atomic E-state index is 16.4. The van der Waals surface area contributed by atoms with Crippen molar-refractivity contribution in [3.63, 3.8) is 0 Å². The second kappa shape index (κ2) is 17.4. The molecule has 3 heterocycles. The van der Waals surface area contributed by atoms with Crippen molar-refractivity contribution in [3.8, 4) is 5.75 Å². The molecule has 5 atom stereocenters. The number of para-hydroxylation sites is 1. The van der Waals surface area contributed by atoms with Gasteiger partial charge < -0.3 is 28.4 Å². The summed E-state index contributed by atoms with van der Waals surface area (Å²) in [6.07, 6.45) is -6.72. The van der Waals surface area contributed by atoms with E-state index < -0.39 is 56.6 Å². The highest BCUT2D eigenvalue weighted by Crippen LogP contribution is 2.49. The second-order valence-electron chi connectivity index (χ2n) is 12.8. The van der Waals surface area contributed by atoms with Gasteiger partial charge >= 0.3 is 25.5 Å². The molecule has 1 aromatic heterocycles. The van der Waals surface area contributed by atoms with Crippen LogP contribution in [-0.2, 0) is 52.5 Å². The highest BCUT2D eigenvalue weighted by atomic mass is 31.2. The molecule has 3 aromatic carbocycles. The van der Waals surface area contributed by atoms with Gasteiger partial charge in [-0.15, -0.1) is 0 Å². The van der Waals surface area contributed by atoms with Crippen LogP contribution in [0.4, 0.5) is 13.6 Å². The van der Waals surface area contributed by atoms with Crippen molar-refractivity contribution in [1.29, 1.82) is 0 Å². The van der Waals surface area contributed by atoms with Gasteiger partial charge in [-0.1, -0.05) is 85.4 Å². The summed E-state index contributed by atoms with van der Waals surface area (Å²) < 4.78 is 80.4. The first-order chi connectivity index (χ1) is 26.4. The van der Waals surface area contributed by atoms with Crippen LogP contribution in [0.1, 0.15) is 29.5 Å². The van der Waals surface area contributed by atoms with Gasteiger partial charge in [-0.05, 0) is 35.7 Å². The van der Waals surface area contributed by atoms with E-state index in [0.29, 0.717) is 16.7 Å². The molecule has 2 aliphatic rings. The Hall–Kier alpha value is -5.41. The monoisotopic (exact) mass is 780 g/mol. The zero-order valence-electron chi connectivity index (χ0n) is 29.7. The Morgan fingerprint density at radius 3 is 2.18 bits per heavy atom. The summed E-state index contributed by atoms with van der Waals surface area (Å²) in [7, 11) is -2.93. The molecule has 17 heteroatoms. The SMILES string of the molecule is C=C(Cc1ccn([C@@H]2O[C@H](COP(=O)(NC3CCN(C)C3=O)Oc3ccccc3)[C@@H](OC(=O)OCc3ccccc3)C2(F)F)c(=O)n1)OCc1ccccc1. The van der Waals surface area contributed by atoms with Crippen molar-refractivity contribution in [2.45, 2.75) is 56.5 Å². The lowest BCUT2D eigenvalue weighted by atomic mass is 10.1. The van der Waals surface area contributed by atoms with Crippen LogP contribution < -0.4 is 15.3 Å². The minimum atomic E-state index is -4.50. The molecule has 2 fully saturated rings. The van der Waals surface area contributed by atoms with Gasteiger partial charge in [-0.2, -0.15) is 18.9 Å². The third-order valence-electron chi connectivity index (χ3n) is 8.70. The maximum Gasteiger partial charge on any atom is 0.509 e. The summed E-state index contributed by atoms with van der Waals surface area (Å²) in [6, 6.07) is 26.0. The van der Waals surface area contributed by atoms with E-state index >= 15 is 8.78 Å². The van der Waals surface area contributed by atoms with Crippen molar-refractivity contribution < 1.29 is 50.9 Å². The Labute approximate surface area is 315 Å². The van der Waals surface area contributed by atoms with Crippen LogP contribution in [0, 0.1) is 0 Å². The number of nitrogens with one attached hydrogen (secondary N) is 1. The number of alkyl halides is 2. The number of hydrogen-bond donors (Lipinski definition) is 1. The highest BCUT2D eigenvalue weighted by molar-refractivity contribution is 7.52. The van der Waals surface area contributed by atoms with Gasteiger partial charge in [0.1, 0.15) is 25.1 Å². The van der Waals surface area contributed by atoms with E-state index in [9.17, 15) is 18.9 Å². The van der Waals surface area contributed by atoms with E-state index in [1.54, 1.807) is 55.6 Å². The molecule has 1 amide bonds. The molecule has 0 spiro atoms. The molecule has 290 valence electrons. The Bertz CT molecular complexity index is 2060. The summed E-state index contributed by atoms with van der Waals surface area (Å²) >= 11 is 0. The lowest BCUT2D eigenvalue weighted by Gasteiger charge is -2.26. The molecule has 2 aliphatic heterocycles. The average Bonchev–Trinajstić information content (AvgIpc) is 3.62. The molecular weight excluding hydrogens is 741 g/mol. The quantitative estimate of drug-likeness (QED) is 0.0831. The van der Waals surface area contributed by atoms with E-state index in [1.165, 1.54) is 23.1 Å². The maximum atomic E-state index is 16.4. The van der Waals surface area contributed by atoms with Gasteiger partial charge in [0.25, 0.3) is 0 Å². The van der Waals surface area contributed by atoms with E-state index in [4.69, 9.17) is 28.0 Å². The zero-order valence-corrected chi connectivity index (χ0v) is 30.6. The summed E-state index contributed by atoms with van der Waals surface area (Å²) in [5, 5.41) is 2.61. The Kier molecular flexibility index (Phi) is 12.4. The number of nitrogens with zero attached hydrogens (tertiary/aromatic N) is 3. The largest absolute Gasteiger partial charge is 0.509 e. The molecular formula is C38H39F2N4O10P. The summed E-state index contributed by atoms with van der Waals surface area (Å²) in [6.45, 7) is 3.25. The number of likely N-dealkylation sites (tertiary alicyclic amines) is 1. The predicted octanol–water partition coefficient (Wildman–Crippen LogP) is 5.80. The number of halogens is 2. The number of rotatable bonds is 16. The molecule has 2 unspecified atom stereocenters. The number of benzene rings is 3. The van der Waals surface area contributed by atoms with E-state index in [-0.39, 0.29) is 49.2 Å². The van der Waals surface area contributed by atoms with E-state index in [1.807, 2.05) is 30.3 Å². The average molecular weight is 781 g/mol. The third kappa shape index (κ3) is 10.0. The van der Waals surface area contributed by atoms with Crippen LogP contribution in [0.3, 0.4) is 0 Å². The summed E-state index contributed by atoms with van der Waals surface area (Å²) in [5.74, 6) is -4.08. The third-order valence-corrected chi connectivity index (χ3v) is 10.3. The van der Waals surface area contributed by atoms with Crippen molar-refractivity contribution >= 4 is 19.8 Å². The smallest absolute Gasteiger partial charge is 0.493 e. The number of likely N-dealkylation sites (N-methyl/N-ethyl adjacent to an activating group) is 1. The number of allylic oxidation sites excluding steroid dienone is 1. The lowest BCUT2D eigenvalue weighted by molar-refractivity contribution is -0.146. The van der Waals surface area contributed by atoms with Gasteiger partial charge in [-0.25, -0.2) is 14.2 Å². The van der Waals surface area contributed by atoms with Crippen LogP contribution in [0.5, 0.6) is 5.75 Å². The topological polar surface area (TPSA) is 157 Å². The first-order valence-corrected chi connectivity index (χ1v) is 18.8. The molecule has 0 aliphatic carbocycles. The second-order valence-corrected chi connectivity index (χ2v) is 14.5. The van der Waals surface area contributed by atoms with E-state index in [0.717, 1.165) is 11.8 Å². The van der Waals surface area contributed by atoms with Crippen LogP contribution in [0.25, 0.3) is 0 Å². The molecule has 14 nitrogen and oxygen atoms in total. The van der Waals surface area contributed by atoms with Crippen molar-refractivity contribution in [2.24, 2.45) is 0 Å². The number of hydrogen-bond acceptors (Lipinski definition) is 11. The van der Waals surface area contributed by atoms with Crippen LogP contribution in [-0.4, -0.2) is 70.9 Å². The Morgan fingerprint density at radius 1 is 0.964 bits per heavy atom. The molecule has 1 N–H and O–H groups in total. The number of aromatic nitrogens is 2. The van der Waals surface area contributed by atoms with Gasteiger partial charge in [-0.3, -0.25) is 13.9 Å². The molecule has 0 bridgehead atoms. The minimum absolute atomic E-state index is 0.0171. The number of carbonyl (C=O) groups is 2. The van der Waals surface area contributed by atoms with Gasteiger partial charge in [0, 0.05) is 26.2 Å². The summed E-state index contributed by atoms with van der Waals surface area (Å²) in [4.78, 5) is 44.1. The Balaban J connectivity index is 1.21. The number of amides is 1. The first kappa shape index (κ1) is 39.3. The highest BCUT2D eigenvalue weighted by Gasteiger charge is 2.63. The minimum Gasteiger partial charge on any atom is -0.493 e.